The second-order valence-corrected chi connectivity index (χ2v) is 11.8. The molecule has 1 amide bonds. The number of hydrogen-bond donors (Lipinski definition) is 3. The van der Waals surface area contributed by atoms with E-state index in [1.165, 1.54) is 19.2 Å². The Morgan fingerprint density at radius 1 is 1.21 bits per heavy atom. The lowest BCUT2D eigenvalue weighted by atomic mass is 10.2. The van der Waals surface area contributed by atoms with Gasteiger partial charge in [0, 0.05) is 6.16 Å². The highest BCUT2D eigenvalue weighted by molar-refractivity contribution is 7.70. The van der Waals surface area contributed by atoms with Gasteiger partial charge in [-0.3, -0.25) is 14.1 Å². The number of nitrogens with two attached hydrogens (primary N) is 2. The zero-order valence-corrected chi connectivity index (χ0v) is 22.8. The van der Waals surface area contributed by atoms with Crippen molar-refractivity contribution < 1.29 is 32.5 Å². The Balaban J connectivity index is 1.63. The van der Waals surface area contributed by atoms with Gasteiger partial charge in [-0.1, -0.05) is 48.5 Å². The fraction of sp³-hybridized carbons (Fsp3) is 0.320. The molecule has 1 heterocycles. The summed E-state index contributed by atoms with van der Waals surface area (Å²) in [7, 11) is -5.62. The largest absolute Gasteiger partial charge is 0.460 e. The molecule has 2 aromatic carbocycles. The van der Waals surface area contributed by atoms with Crippen LogP contribution in [0.1, 0.15) is 25.3 Å². The zero-order valence-electron chi connectivity index (χ0n) is 21.0. The lowest BCUT2D eigenvalue weighted by molar-refractivity contribution is -0.146. The minimum Gasteiger partial charge on any atom is -0.460 e. The van der Waals surface area contributed by atoms with Gasteiger partial charge in [-0.2, -0.15) is 10.1 Å². The molecule has 1 saturated heterocycles. The summed E-state index contributed by atoms with van der Waals surface area (Å²) in [6.45, 7) is 1.43. The molecule has 0 saturated carbocycles. The van der Waals surface area contributed by atoms with Crippen molar-refractivity contribution in [2.75, 3.05) is 12.8 Å². The molecule has 4 atom stereocenters. The van der Waals surface area contributed by atoms with E-state index in [1.54, 1.807) is 30.3 Å². The van der Waals surface area contributed by atoms with Crippen LogP contribution < -0.4 is 21.1 Å². The first-order valence-electron chi connectivity index (χ1n) is 12.0. The number of rotatable bonds is 12. The molecule has 3 rings (SSSR count). The van der Waals surface area contributed by atoms with E-state index < -0.39 is 39.7 Å². The number of esters is 1. The molecule has 0 aliphatic carbocycles. The van der Waals surface area contributed by atoms with Crippen LogP contribution in [0.25, 0.3) is 0 Å². The Morgan fingerprint density at radius 3 is 2.58 bits per heavy atom. The van der Waals surface area contributed by atoms with Crippen molar-refractivity contribution in [1.29, 1.82) is 0 Å². The van der Waals surface area contributed by atoms with Crippen molar-refractivity contribution >= 4 is 33.3 Å². The number of nitrogens with zero attached hydrogens (tertiary/aromatic N) is 1. The van der Waals surface area contributed by atoms with Crippen molar-refractivity contribution in [3.63, 3.8) is 0 Å². The molecule has 4 unspecified atom stereocenters. The second kappa shape index (κ2) is 14.8. The van der Waals surface area contributed by atoms with Crippen LogP contribution in [0.5, 0.6) is 5.75 Å². The average Bonchev–Trinajstić information content (AvgIpc) is 2.92. The maximum absolute atomic E-state index is 13.7. The number of nitrogens with one attached hydrogen (secondary N) is 1. The van der Waals surface area contributed by atoms with Crippen LogP contribution in [-0.2, 0) is 29.8 Å². The number of hydrogen-bond acceptors (Lipinski definition) is 8. The van der Waals surface area contributed by atoms with Gasteiger partial charge in [0.1, 0.15) is 32.4 Å². The highest BCUT2D eigenvalue weighted by Gasteiger charge is 2.35. The minimum atomic E-state index is -4.07. The van der Waals surface area contributed by atoms with Gasteiger partial charge in [0.15, 0.2) is 0 Å². The molecule has 0 aromatic heterocycles. The number of ether oxygens (including phenoxy) is 1. The standard InChI is InChI=1S/C25H32N4O7P2/c1-19(24(30)33-17-20-9-4-2-5-10-20)29-38(32,36-21-11-6-3-7-12-21)34-18-22-13-8-16-37(35-22)25(31)28-23(27)14-15-26/h2-7,9-12,14-15,19,22H,8,13,16-18,26H2,1H3,(H,29,32)(H2,27,28,31)/b15-14-. The Bertz CT molecular complexity index is 1160. The molecule has 0 bridgehead atoms. The summed E-state index contributed by atoms with van der Waals surface area (Å²) in [5.41, 5.74) is 11.2. The lowest BCUT2D eigenvalue weighted by Gasteiger charge is -2.29. The van der Waals surface area contributed by atoms with Crippen LogP contribution in [0.3, 0.4) is 0 Å². The van der Waals surface area contributed by atoms with Crippen LogP contribution in [0, 0.1) is 0 Å². The van der Waals surface area contributed by atoms with E-state index in [1.807, 2.05) is 30.3 Å². The van der Waals surface area contributed by atoms with E-state index in [2.05, 4.69) is 10.1 Å². The van der Waals surface area contributed by atoms with Gasteiger partial charge < -0.3 is 25.3 Å². The molecule has 11 nitrogen and oxygen atoms in total. The second-order valence-electron chi connectivity index (χ2n) is 8.29. The summed E-state index contributed by atoms with van der Waals surface area (Å²) in [6.07, 6.45) is 3.76. The number of para-hydroxylation sites is 1. The van der Waals surface area contributed by atoms with E-state index in [4.69, 9.17) is 29.8 Å². The normalized spacial score (nSPS) is 20.4. The van der Waals surface area contributed by atoms with Crippen molar-refractivity contribution in [1.82, 2.24) is 5.09 Å². The number of aliphatic imine (C=N–C) groups is 1. The van der Waals surface area contributed by atoms with E-state index in [-0.39, 0.29) is 24.8 Å². The zero-order chi connectivity index (χ0) is 27.4. The van der Waals surface area contributed by atoms with Gasteiger partial charge in [-0.05, 0) is 49.7 Å². The molecule has 204 valence electrons. The average molecular weight is 563 g/mol. The Labute approximate surface area is 223 Å². The smallest absolute Gasteiger partial charge is 0.459 e. The number of amides is 1. The molecule has 0 spiro atoms. The Hall–Kier alpha value is -3.07. The van der Waals surface area contributed by atoms with Crippen LogP contribution >= 0.6 is 15.9 Å². The lowest BCUT2D eigenvalue weighted by Crippen LogP contribution is -2.36. The van der Waals surface area contributed by atoms with Gasteiger partial charge in [0.2, 0.25) is 0 Å². The van der Waals surface area contributed by atoms with Crippen molar-refractivity contribution in [2.24, 2.45) is 16.5 Å². The van der Waals surface area contributed by atoms with Gasteiger partial charge >= 0.3 is 13.7 Å². The Morgan fingerprint density at radius 2 is 1.89 bits per heavy atom. The molecule has 1 aliphatic rings. The Kier molecular flexibility index (Phi) is 11.5. The molecule has 5 N–H and O–H groups in total. The van der Waals surface area contributed by atoms with E-state index in [0.29, 0.717) is 19.0 Å². The highest BCUT2D eigenvalue weighted by Crippen LogP contribution is 2.49. The van der Waals surface area contributed by atoms with Gasteiger partial charge in [-0.25, -0.2) is 4.57 Å². The molecular formula is C25H32N4O7P2. The third-order valence-electron chi connectivity index (χ3n) is 5.20. The predicted octanol–water partition coefficient (Wildman–Crippen LogP) is 4.44. The SMILES string of the molecule is CC(NP(=O)(OCC1CCCP(C(=O)/N=C(N)\C=C/N)O1)Oc1ccccc1)C(=O)OCc1ccccc1. The van der Waals surface area contributed by atoms with Crippen molar-refractivity contribution in [3.05, 3.63) is 78.5 Å². The number of amidine groups is 1. The van der Waals surface area contributed by atoms with Crippen molar-refractivity contribution in [2.45, 2.75) is 38.5 Å². The fourth-order valence-electron chi connectivity index (χ4n) is 3.34. The van der Waals surface area contributed by atoms with Crippen LogP contribution in [0.2, 0.25) is 0 Å². The summed E-state index contributed by atoms with van der Waals surface area (Å²) in [5.74, 6) is -0.354. The number of benzene rings is 2. The first kappa shape index (κ1) is 29.5. The third kappa shape index (κ3) is 9.67. The summed E-state index contributed by atoms with van der Waals surface area (Å²) < 4.78 is 36.3. The van der Waals surface area contributed by atoms with E-state index >= 15 is 0 Å². The highest BCUT2D eigenvalue weighted by atomic mass is 31.2. The van der Waals surface area contributed by atoms with Crippen LogP contribution in [0.4, 0.5) is 4.79 Å². The quantitative estimate of drug-likeness (QED) is 0.146. The maximum Gasteiger partial charge on any atom is 0.459 e. The summed E-state index contributed by atoms with van der Waals surface area (Å²) in [5, 5.41) is 2.65. The molecule has 0 radical (unpaired) electrons. The number of carbonyl (C=O) groups excluding carboxylic acids is 2. The van der Waals surface area contributed by atoms with E-state index in [0.717, 1.165) is 5.56 Å². The topological polar surface area (TPSA) is 165 Å². The summed E-state index contributed by atoms with van der Waals surface area (Å²) >= 11 is 0. The van der Waals surface area contributed by atoms with Crippen molar-refractivity contribution in [3.8, 4) is 5.75 Å². The molecular weight excluding hydrogens is 530 g/mol. The van der Waals surface area contributed by atoms with E-state index in [9.17, 15) is 14.2 Å². The first-order chi connectivity index (χ1) is 18.3. The molecule has 13 heteroatoms. The van der Waals surface area contributed by atoms with Gasteiger partial charge in [-0.15, -0.1) is 0 Å². The van der Waals surface area contributed by atoms with Gasteiger partial charge in [0.25, 0.3) is 5.65 Å². The first-order valence-corrected chi connectivity index (χ1v) is 14.9. The third-order valence-corrected chi connectivity index (χ3v) is 8.64. The predicted molar refractivity (Wildman–Crippen MR) is 146 cm³/mol. The summed E-state index contributed by atoms with van der Waals surface area (Å²) in [6, 6.07) is 16.6. The van der Waals surface area contributed by atoms with Gasteiger partial charge in [0.05, 0.1) is 12.7 Å². The van der Waals surface area contributed by atoms with Crippen LogP contribution in [-0.4, -0.2) is 42.4 Å². The molecule has 1 fully saturated rings. The number of carbonyl (C=O) groups is 2. The fourth-order valence-corrected chi connectivity index (χ4v) is 6.47. The maximum atomic E-state index is 13.7. The minimum absolute atomic E-state index is 0.0138. The summed E-state index contributed by atoms with van der Waals surface area (Å²) in [4.78, 5) is 28.8. The monoisotopic (exact) mass is 562 g/mol. The molecule has 38 heavy (non-hydrogen) atoms. The molecule has 1 aliphatic heterocycles. The molecule has 2 aromatic rings. The van der Waals surface area contributed by atoms with Crippen LogP contribution in [0.15, 0.2) is 77.9 Å².